The van der Waals surface area contributed by atoms with E-state index in [4.69, 9.17) is 116 Å². The molecule has 38 atom stereocenters. The van der Waals surface area contributed by atoms with Crippen LogP contribution in [0.2, 0.25) is 18.1 Å². The van der Waals surface area contributed by atoms with E-state index >= 15 is 0 Å². The number of benzene rings is 2. The Hall–Kier alpha value is -4.74. The zero-order chi connectivity index (χ0) is 94.0. The number of ether oxygens (including phenoxy) is 16. The molecule has 2 aromatic rings. The van der Waals surface area contributed by atoms with Gasteiger partial charge in [0.25, 0.3) is 0 Å². The van der Waals surface area contributed by atoms with Crippen LogP contribution in [0.1, 0.15) is 234 Å². The highest BCUT2D eigenvalue weighted by atomic mass is 32.1. The summed E-state index contributed by atoms with van der Waals surface area (Å²) in [6, 6.07) is 21.6. The van der Waals surface area contributed by atoms with Gasteiger partial charge in [0.15, 0.2) is 19.9 Å². The highest BCUT2D eigenvalue weighted by Crippen LogP contribution is 2.58. The van der Waals surface area contributed by atoms with E-state index in [-0.39, 0.29) is 207 Å². The van der Waals surface area contributed by atoms with Gasteiger partial charge in [-0.05, 0) is 215 Å². The normalized spacial score (nSPS) is 41.7. The lowest BCUT2D eigenvalue weighted by Crippen LogP contribution is -2.61. The molecule has 20 rings (SSSR count). The topological polar surface area (TPSA) is 334 Å². The lowest BCUT2D eigenvalue weighted by Gasteiger charge is -2.47. The maximum Gasteiger partial charge on any atom is 0.373 e. The summed E-state index contributed by atoms with van der Waals surface area (Å²) in [5.41, 5.74) is 7.38. The molecule has 0 aromatic heterocycles. The van der Waals surface area contributed by atoms with Gasteiger partial charge in [-0.15, -0.1) is 0 Å². The first-order chi connectivity index (χ1) is 62.7. The van der Waals surface area contributed by atoms with Crippen LogP contribution >= 0.6 is 0 Å². The number of hydrogen-bond acceptors (Lipinski definition) is 27. The minimum absolute atomic E-state index is 0.00101. The van der Waals surface area contributed by atoms with Crippen molar-refractivity contribution in [1.82, 2.24) is 0 Å². The van der Waals surface area contributed by atoms with Crippen LogP contribution in [0, 0.1) is 41.4 Å². The quantitative estimate of drug-likeness (QED) is 0.0542. The van der Waals surface area contributed by atoms with E-state index in [9.17, 15) is 10.2 Å². The molecule has 0 aliphatic carbocycles. The molecule has 0 amide bonds. The summed E-state index contributed by atoms with van der Waals surface area (Å²) < 4.78 is 148. The van der Waals surface area contributed by atoms with Crippen LogP contribution in [0.25, 0.3) is 0 Å². The van der Waals surface area contributed by atoms with Crippen molar-refractivity contribution in [3.8, 4) is 0 Å². The van der Waals surface area contributed by atoms with Gasteiger partial charge in [0.1, 0.15) is 61.0 Å². The maximum absolute atomic E-state index is 10.3. The van der Waals surface area contributed by atoms with E-state index in [2.05, 4.69) is 163 Å². The van der Waals surface area contributed by atoms with Gasteiger partial charge < -0.3 is 90.4 Å². The Balaban J connectivity index is 0.000000200. The summed E-state index contributed by atoms with van der Waals surface area (Å²) in [7, 11) is -1.82. The summed E-state index contributed by atoms with van der Waals surface area (Å²) in [6.07, 6.45) is 22.6. The standard InChI is InChI=1S/C53H82O9Si.C46H66O10.2CO2.2O2S/c1-12-37-18-21-42-47(57-37)51-50-49(59-42)48-46(60-50)29-53(61-48,62-51)23-22-39-26-33(4)41(55-39)20-19-38-25-32(3)34(5)44(56-38)28-45-40(27-36-16-14-13-15-17-36)35(6)43(58-45)24-31(2)30-54-63(10,11)52(7,8)9;1-6-31-12-15-36-41(51-31)45-44-43(53-36)42-40(54-44)23-46(55-42,56-45)17-16-33-19-26(3)35(49-33)14-13-32-18-25(2)27(4)38(50-32)22-39-34(20-29-10-8-7-9-11-29)28(5)37(52-39)21-30(48)24-47;2*2-1-3;2*1-3-2/h13-17,31-32,35,37-51H,4-5,12,18-30H2,1-3,6-11H3;7-11,25,28,30-45,47-48H,3-4,6,12-24H2,1-2,5H3;;;;/t31-,32+,35+,37-,38-,39-,40+,41?,42-,43+,44?,45-,46?,47-,48-,49-,50?,51-,53-;25-,28-,30+,31+,32+,33+,34-,35?,36+,37-,38?,39+,40?,41+,42+,43+,44?,45+,46+;;;;/m01..../s1. The van der Waals surface area contributed by atoms with Gasteiger partial charge in [-0.25, -0.2) is 0 Å². The van der Waals surface area contributed by atoms with Crippen LogP contribution in [0.3, 0.4) is 0 Å². The lowest BCUT2D eigenvalue weighted by molar-refractivity contribution is -0.293. The number of hydrogen-bond donors (Lipinski definition) is 2. The van der Waals surface area contributed by atoms with Crippen LogP contribution in [-0.4, -0.2) is 249 Å². The van der Waals surface area contributed by atoms with Gasteiger partial charge in [0.2, 0.25) is 0 Å². The average molecular weight is 1890 g/mol. The lowest BCUT2D eigenvalue weighted by atomic mass is 9.78. The van der Waals surface area contributed by atoms with Gasteiger partial charge in [-0.3, -0.25) is 0 Å². The molecule has 18 heterocycles. The SMILES string of the molecule is C=C1C[C@H](CC[C@@]23CC4OC5[C@@H](O2)[C@H]2O[C@@H](CC)CC[C@@H]2O[C@H]5[C@H]4O3)OC1CC[C@H]1C[C@@H](C)C(=C)C(C[C@@H]2O[C@H](C[C@H](C)CO[Si](C)(C)C(C)(C)C)[C@H](C)[C@H]2Cc2ccccc2)O1.C=C1C[C@H](CC[C@@]23CC4OC5[C@@H](O2)[C@H]2O[C@@H](CC)CC[C@@H]2O[C@H]5[C@H]4O3)OC1CC[C@H]1C[C@@H](C)C(=C)C(C[C@@H]2O[C@H](C[C@H](O)CO)[C@H](C)[C@H]2Cc2ccccc2)O1.O=C=O.O=C=O.O=S=O.O=S=O. The zero-order valence-electron chi connectivity index (χ0n) is 79.1. The van der Waals surface area contributed by atoms with Gasteiger partial charge in [0.05, 0.1) is 123 Å². The largest absolute Gasteiger partial charge is 0.417 e. The molecule has 18 aliphatic rings. The highest BCUT2D eigenvalue weighted by molar-refractivity contribution is 7.52. The Morgan fingerprint density at radius 3 is 1.24 bits per heavy atom. The maximum atomic E-state index is 10.3. The molecule has 8 unspecified atom stereocenters. The number of aliphatic hydroxyl groups is 2. The Bertz CT molecular complexity index is 4160. The first-order valence-electron chi connectivity index (χ1n) is 48.9. The molecule has 0 spiro atoms. The van der Waals surface area contributed by atoms with E-state index in [1.807, 2.05) is 6.07 Å². The Morgan fingerprint density at radius 2 is 0.847 bits per heavy atom. The molecule has 27 nitrogen and oxygen atoms in total. The minimum atomic E-state index is -1.82. The second-order valence-electron chi connectivity index (χ2n) is 42.0. The van der Waals surface area contributed by atoms with Gasteiger partial charge in [-0.1, -0.05) is 156 Å². The van der Waals surface area contributed by atoms with Crippen LogP contribution in [0.5, 0.6) is 0 Å². The molecule has 0 radical (unpaired) electrons. The molecule has 18 aliphatic heterocycles. The van der Waals surface area contributed by atoms with Gasteiger partial charge in [-0.2, -0.15) is 36.0 Å². The number of aliphatic hydroxyl groups excluding tert-OH is 2. The fraction of sp³-hybridized carbons (Fsp3) is 0.782. The van der Waals surface area contributed by atoms with Crippen molar-refractivity contribution >= 4 is 43.8 Å². The molecule has 18 fully saturated rings. The van der Waals surface area contributed by atoms with Crippen molar-refractivity contribution in [1.29, 1.82) is 0 Å². The first kappa shape index (κ1) is 104. The van der Waals surface area contributed by atoms with E-state index in [0.717, 1.165) is 178 Å². The van der Waals surface area contributed by atoms with E-state index < -0.39 is 49.1 Å². The third-order valence-electron chi connectivity index (χ3n) is 32.4. The molecule has 18 saturated heterocycles. The van der Waals surface area contributed by atoms with E-state index in [1.165, 1.54) is 22.3 Å². The second kappa shape index (κ2) is 46.4. The molecule has 730 valence electrons. The van der Waals surface area contributed by atoms with Crippen molar-refractivity contribution in [3.63, 3.8) is 0 Å². The van der Waals surface area contributed by atoms with E-state index in [1.54, 1.807) is 0 Å². The average Bonchev–Trinajstić information content (AvgIpc) is 1.55. The predicted molar refractivity (Wildman–Crippen MR) is 485 cm³/mol. The minimum Gasteiger partial charge on any atom is -0.417 e. The summed E-state index contributed by atoms with van der Waals surface area (Å²) >= 11 is -1.50. The van der Waals surface area contributed by atoms with Crippen LogP contribution < -0.4 is 0 Å². The van der Waals surface area contributed by atoms with Crippen molar-refractivity contribution in [2.75, 3.05) is 13.2 Å². The summed E-state index contributed by atoms with van der Waals surface area (Å²) in [6.45, 7) is 46.3. The predicted octanol–water partition coefficient (Wildman–Crippen LogP) is 14.6. The molecule has 2 aromatic carbocycles. The zero-order valence-corrected chi connectivity index (χ0v) is 81.7. The number of fused-ring (bicyclic) bond motifs is 2. The molecule has 30 heteroatoms. The Morgan fingerprint density at radius 1 is 0.473 bits per heavy atom. The third-order valence-corrected chi connectivity index (χ3v) is 36.9. The van der Waals surface area contributed by atoms with Crippen LogP contribution in [0.4, 0.5) is 0 Å². The molecular formula is C101H148O27S2Si. The fourth-order valence-corrected chi connectivity index (χ4v) is 25.2. The molecule has 0 saturated carbocycles. The Labute approximate surface area is 783 Å². The fourth-order valence-electron chi connectivity index (χ4n) is 24.1. The molecule has 2 N–H and O–H groups in total. The van der Waals surface area contributed by atoms with Crippen molar-refractivity contribution in [2.24, 2.45) is 41.4 Å². The molecular weight excluding hydrogens is 1740 g/mol. The van der Waals surface area contributed by atoms with Crippen molar-refractivity contribution in [3.05, 3.63) is 120 Å². The van der Waals surface area contributed by atoms with Gasteiger partial charge >= 0.3 is 35.4 Å². The highest BCUT2D eigenvalue weighted by Gasteiger charge is 2.71. The molecule has 131 heavy (non-hydrogen) atoms. The molecule has 12 bridgehead atoms. The van der Waals surface area contributed by atoms with Crippen molar-refractivity contribution in [2.45, 2.75) is 443 Å². The second-order valence-corrected chi connectivity index (χ2v) is 47.1. The Kier molecular flexibility index (Phi) is 36.7. The summed E-state index contributed by atoms with van der Waals surface area (Å²) in [5, 5.41) is 20.1. The van der Waals surface area contributed by atoms with Gasteiger partial charge in [0, 0.05) is 51.6 Å². The van der Waals surface area contributed by atoms with Crippen LogP contribution in [-0.2, 0) is 135 Å². The van der Waals surface area contributed by atoms with Crippen molar-refractivity contribution < 1.29 is 126 Å². The number of carbonyl (C=O) groups excluding carboxylic acids is 4. The number of rotatable bonds is 30. The van der Waals surface area contributed by atoms with E-state index in [0.29, 0.717) is 36.0 Å². The smallest absolute Gasteiger partial charge is 0.373 e. The summed E-state index contributed by atoms with van der Waals surface area (Å²) in [4.78, 5) is 32.5. The monoisotopic (exact) mass is 1880 g/mol. The van der Waals surface area contributed by atoms with Crippen LogP contribution in [0.15, 0.2) is 109 Å². The first-order valence-corrected chi connectivity index (χ1v) is 53.1. The third kappa shape index (κ3) is 24.6. The summed E-state index contributed by atoms with van der Waals surface area (Å²) in [5.74, 6) is 1.12.